The van der Waals surface area contributed by atoms with Crippen LogP contribution in [0.25, 0.3) is 0 Å². The Bertz CT molecular complexity index is 501. The molecule has 0 aliphatic carbocycles. The van der Waals surface area contributed by atoms with Crippen LogP contribution in [-0.2, 0) is 7.05 Å². The lowest BCUT2D eigenvalue weighted by Crippen LogP contribution is -2.02. The highest BCUT2D eigenvalue weighted by Gasteiger charge is 2.11. The summed E-state index contributed by atoms with van der Waals surface area (Å²) in [5.74, 6) is 0.597. The Balaban J connectivity index is 1.97. The molecule has 0 fully saturated rings. The second kappa shape index (κ2) is 5.71. The average molecular weight is 313 g/mol. The van der Waals surface area contributed by atoms with E-state index in [0.29, 0.717) is 11.4 Å². The van der Waals surface area contributed by atoms with E-state index < -0.39 is 6.10 Å². The van der Waals surface area contributed by atoms with Gasteiger partial charge in [-0.1, -0.05) is 12.1 Å². The molecule has 5 heteroatoms. The zero-order valence-electron chi connectivity index (χ0n) is 9.38. The molecule has 0 aliphatic heterocycles. The van der Waals surface area contributed by atoms with Gasteiger partial charge in [-0.3, -0.25) is 4.68 Å². The number of rotatable bonds is 4. The molecule has 1 unspecified atom stereocenters. The van der Waals surface area contributed by atoms with E-state index in [1.807, 2.05) is 43.6 Å². The van der Waals surface area contributed by atoms with E-state index in [2.05, 4.69) is 21.0 Å². The van der Waals surface area contributed by atoms with Gasteiger partial charge < -0.3 is 5.11 Å². The number of thioether (sulfide) groups is 1. The van der Waals surface area contributed by atoms with E-state index in [9.17, 15) is 5.11 Å². The van der Waals surface area contributed by atoms with E-state index in [4.69, 9.17) is 0 Å². The fraction of sp³-hybridized carbons (Fsp3) is 0.250. The number of hydrogen-bond acceptors (Lipinski definition) is 3. The van der Waals surface area contributed by atoms with Crippen molar-refractivity contribution >= 4 is 27.7 Å². The van der Waals surface area contributed by atoms with Crippen LogP contribution >= 0.6 is 27.7 Å². The van der Waals surface area contributed by atoms with Gasteiger partial charge in [0.15, 0.2) is 0 Å². The average Bonchev–Trinajstić information content (AvgIpc) is 2.74. The minimum absolute atomic E-state index is 0.534. The molecule has 0 bridgehead atoms. The molecule has 17 heavy (non-hydrogen) atoms. The zero-order valence-corrected chi connectivity index (χ0v) is 11.8. The zero-order chi connectivity index (χ0) is 12.3. The smallest absolute Gasteiger partial charge is 0.107 e. The summed E-state index contributed by atoms with van der Waals surface area (Å²) in [5, 5.41) is 14.2. The Kier molecular flexibility index (Phi) is 4.25. The van der Waals surface area contributed by atoms with Crippen molar-refractivity contribution in [3.05, 3.63) is 46.7 Å². The third-order valence-corrected chi connectivity index (χ3v) is 4.41. The molecule has 0 aliphatic rings. The van der Waals surface area contributed by atoms with E-state index in [1.54, 1.807) is 16.4 Å². The number of aryl methyl sites for hydroxylation is 1. The summed E-state index contributed by atoms with van der Waals surface area (Å²) in [6.07, 6.45) is 1.30. The summed E-state index contributed by atoms with van der Waals surface area (Å²) < 4.78 is 2.75. The predicted octanol–water partition coefficient (Wildman–Crippen LogP) is 3.01. The Morgan fingerprint density at radius 2 is 2.18 bits per heavy atom. The van der Waals surface area contributed by atoms with Crippen LogP contribution in [0.2, 0.25) is 0 Å². The Morgan fingerprint density at radius 3 is 2.82 bits per heavy atom. The molecule has 1 aromatic carbocycles. The molecule has 1 N–H and O–H groups in total. The Morgan fingerprint density at radius 1 is 1.41 bits per heavy atom. The van der Waals surface area contributed by atoms with Gasteiger partial charge in [-0.15, -0.1) is 11.8 Å². The number of nitrogens with zero attached hydrogens (tertiary/aromatic N) is 2. The highest BCUT2D eigenvalue weighted by atomic mass is 79.9. The first-order valence-corrected chi connectivity index (χ1v) is 6.99. The largest absolute Gasteiger partial charge is 0.386 e. The Hall–Kier alpha value is -0.780. The highest BCUT2D eigenvalue weighted by molar-refractivity contribution is 9.10. The van der Waals surface area contributed by atoms with Crippen LogP contribution in [0.1, 0.15) is 11.8 Å². The normalized spacial score (nSPS) is 12.6. The van der Waals surface area contributed by atoms with Crippen LogP contribution in [0.4, 0.5) is 0 Å². The van der Waals surface area contributed by atoms with Gasteiger partial charge in [-0.05, 0) is 34.1 Å². The minimum Gasteiger partial charge on any atom is -0.386 e. The van der Waals surface area contributed by atoms with Gasteiger partial charge in [-0.25, -0.2) is 0 Å². The number of aliphatic hydroxyl groups is 1. The maximum absolute atomic E-state index is 9.97. The number of hydrogen-bond donors (Lipinski definition) is 1. The molecule has 2 rings (SSSR count). The number of aliphatic hydroxyl groups excluding tert-OH is 1. The summed E-state index contributed by atoms with van der Waals surface area (Å²) >= 11 is 5.10. The van der Waals surface area contributed by atoms with Gasteiger partial charge in [0.2, 0.25) is 0 Å². The van der Waals surface area contributed by atoms with Crippen LogP contribution in [-0.4, -0.2) is 20.6 Å². The molecule has 0 saturated heterocycles. The maximum atomic E-state index is 9.97. The van der Waals surface area contributed by atoms with E-state index in [1.165, 1.54) is 0 Å². The summed E-state index contributed by atoms with van der Waals surface area (Å²) in [5.41, 5.74) is 0.715. The number of benzene rings is 1. The molecule has 2 aromatic rings. The van der Waals surface area contributed by atoms with Crippen molar-refractivity contribution in [2.24, 2.45) is 7.05 Å². The third kappa shape index (κ3) is 3.34. The third-order valence-electron chi connectivity index (χ3n) is 2.31. The van der Waals surface area contributed by atoms with Crippen LogP contribution in [0.5, 0.6) is 0 Å². The SMILES string of the molecule is Cn1ccc(C(O)CSc2ccccc2Br)n1. The topological polar surface area (TPSA) is 38.0 Å². The van der Waals surface area contributed by atoms with Crippen LogP contribution in [0.3, 0.4) is 0 Å². The highest BCUT2D eigenvalue weighted by Crippen LogP contribution is 2.29. The standard InChI is InChI=1S/C12H13BrN2OS/c1-15-7-6-10(14-15)11(16)8-17-12-5-3-2-4-9(12)13/h2-7,11,16H,8H2,1H3. The maximum Gasteiger partial charge on any atom is 0.107 e. The van der Waals surface area contributed by atoms with Gasteiger partial charge in [0.1, 0.15) is 6.10 Å². The van der Waals surface area contributed by atoms with E-state index in [-0.39, 0.29) is 0 Å². The number of aromatic nitrogens is 2. The first kappa shape index (κ1) is 12.7. The van der Waals surface area contributed by atoms with Crippen molar-refractivity contribution in [1.29, 1.82) is 0 Å². The van der Waals surface area contributed by atoms with Gasteiger partial charge >= 0.3 is 0 Å². The minimum atomic E-state index is -0.534. The molecule has 90 valence electrons. The van der Waals surface area contributed by atoms with E-state index in [0.717, 1.165) is 9.37 Å². The first-order valence-electron chi connectivity index (χ1n) is 5.22. The van der Waals surface area contributed by atoms with Crippen molar-refractivity contribution < 1.29 is 5.11 Å². The van der Waals surface area contributed by atoms with Crippen LogP contribution in [0, 0.1) is 0 Å². The van der Waals surface area contributed by atoms with Crippen molar-refractivity contribution in [1.82, 2.24) is 9.78 Å². The molecular weight excluding hydrogens is 300 g/mol. The van der Waals surface area contributed by atoms with E-state index >= 15 is 0 Å². The summed E-state index contributed by atoms with van der Waals surface area (Å²) in [6.45, 7) is 0. The van der Waals surface area contributed by atoms with Crippen molar-refractivity contribution in [2.45, 2.75) is 11.0 Å². The molecule has 3 nitrogen and oxygen atoms in total. The molecule has 0 spiro atoms. The van der Waals surface area contributed by atoms with Gasteiger partial charge in [-0.2, -0.15) is 5.10 Å². The second-order valence-electron chi connectivity index (χ2n) is 3.67. The summed E-state index contributed by atoms with van der Waals surface area (Å²) in [7, 11) is 1.84. The van der Waals surface area contributed by atoms with Gasteiger partial charge in [0.05, 0.1) is 5.69 Å². The quantitative estimate of drug-likeness (QED) is 0.882. The van der Waals surface area contributed by atoms with Crippen LogP contribution < -0.4 is 0 Å². The fourth-order valence-corrected chi connectivity index (χ4v) is 2.94. The van der Waals surface area contributed by atoms with Gasteiger partial charge in [0.25, 0.3) is 0 Å². The predicted molar refractivity (Wildman–Crippen MR) is 73.0 cm³/mol. The lowest BCUT2D eigenvalue weighted by Gasteiger charge is -2.08. The molecule has 0 amide bonds. The van der Waals surface area contributed by atoms with Crippen molar-refractivity contribution in [2.75, 3.05) is 5.75 Å². The first-order chi connectivity index (χ1) is 8.16. The Labute approximate surface area is 113 Å². The molecular formula is C12H13BrN2OS. The summed E-state index contributed by atoms with van der Waals surface area (Å²) in [4.78, 5) is 1.13. The summed E-state index contributed by atoms with van der Waals surface area (Å²) in [6, 6.07) is 9.82. The lowest BCUT2D eigenvalue weighted by atomic mass is 10.3. The monoisotopic (exact) mass is 312 g/mol. The molecule has 1 atom stereocenters. The van der Waals surface area contributed by atoms with Crippen molar-refractivity contribution in [3.63, 3.8) is 0 Å². The van der Waals surface area contributed by atoms with Gasteiger partial charge in [0, 0.05) is 28.4 Å². The van der Waals surface area contributed by atoms with Crippen molar-refractivity contribution in [3.8, 4) is 0 Å². The van der Waals surface area contributed by atoms with Crippen LogP contribution in [0.15, 0.2) is 45.9 Å². The molecule has 0 radical (unpaired) electrons. The fourth-order valence-electron chi connectivity index (χ4n) is 1.43. The molecule has 1 heterocycles. The molecule has 0 saturated carbocycles. The number of halogens is 1. The second-order valence-corrected chi connectivity index (χ2v) is 5.59. The lowest BCUT2D eigenvalue weighted by molar-refractivity contribution is 0.198. The molecule has 1 aromatic heterocycles.